The second-order valence-electron chi connectivity index (χ2n) is 9.05. The van der Waals surface area contributed by atoms with Crippen LogP contribution in [0.5, 0.6) is 0 Å². The van der Waals surface area contributed by atoms with E-state index in [0.717, 1.165) is 12.8 Å². The Morgan fingerprint density at radius 1 is 0.433 bits per heavy atom. The molecule has 0 saturated carbocycles. The van der Waals surface area contributed by atoms with Crippen LogP contribution in [0.4, 0.5) is 0 Å². The van der Waals surface area contributed by atoms with Crippen LogP contribution < -0.4 is 0 Å². The number of unbranched alkanes of at least 4 members (excludes halogenated alkanes) is 18. The Labute approximate surface area is 190 Å². The maximum Gasteiger partial charge on any atom is 0.0422 e. The lowest BCUT2D eigenvalue weighted by atomic mass is 10.1. The molecule has 0 bridgehead atoms. The molecule has 0 aliphatic heterocycles. The van der Waals surface area contributed by atoms with Crippen LogP contribution in [-0.4, -0.2) is 23.4 Å². The number of hydroxylamine groups is 2. The predicted molar refractivity (Wildman–Crippen MR) is 135 cm³/mol. The molecule has 0 fully saturated rings. The molecule has 0 aromatic rings. The second-order valence-corrected chi connectivity index (χ2v) is 9.05. The van der Waals surface area contributed by atoms with Gasteiger partial charge in [0.25, 0.3) is 0 Å². The molecule has 0 aromatic carbocycles. The third-order valence-corrected chi connectivity index (χ3v) is 5.91. The van der Waals surface area contributed by atoms with Crippen molar-refractivity contribution < 1.29 is 5.21 Å². The van der Waals surface area contributed by atoms with Gasteiger partial charge in [-0.1, -0.05) is 141 Å². The Bertz CT molecular complexity index is 330. The molecular formula is C28H55NO. The third-order valence-electron chi connectivity index (χ3n) is 5.91. The molecule has 0 aliphatic rings. The summed E-state index contributed by atoms with van der Waals surface area (Å²) >= 11 is 0. The number of allylic oxidation sites excluding steroid dienone is 2. The van der Waals surface area contributed by atoms with Gasteiger partial charge in [-0.2, -0.15) is 5.06 Å². The van der Waals surface area contributed by atoms with Gasteiger partial charge in [0.05, 0.1) is 0 Å². The largest absolute Gasteiger partial charge is 0.313 e. The first kappa shape index (κ1) is 29.4. The molecule has 0 unspecified atom stereocenters. The average Bonchev–Trinajstić information content (AvgIpc) is 2.75. The summed E-state index contributed by atoms with van der Waals surface area (Å²) in [6, 6.07) is 0. The molecule has 0 aliphatic carbocycles. The molecule has 0 saturated heterocycles. The first-order chi connectivity index (χ1) is 14.8. The fourth-order valence-electron chi connectivity index (χ4n) is 3.85. The Morgan fingerprint density at radius 2 is 0.733 bits per heavy atom. The second kappa shape index (κ2) is 26.4. The van der Waals surface area contributed by atoms with Crippen molar-refractivity contribution in [3.8, 4) is 0 Å². The summed E-state index contributed by atoms with van der Waals surface area (Å²) in [5.41, 5.74) is 0. The highest BCUT2D eigenvalue weighted by atomic mass is 16.5. The van der Waals surface area contributed by atoms with E-state index in [4.69, 9.17) is 0 Å². The molecule has 2 nitrogen and oxygen atoms in total. The zero-order valence-electron chi connectivity index (χ0n) is 20.8. The van der Waals surface area contributed by atoms with Gasteiger partial charge in [-0.25, -0.2) is 0 Å². The minimum atomic E-state index is 0.639. The lowest BCUT2D eigenvalue weighted by Crippen LogP contribution is -2.18. The molecule has 0 heterocycles. The van der Waals surface area contributed by atoms with Crippen LogP contribution in [0.3, 0.4) is 0 Å². The lowest BCUT2D eigenvalue weighted by Gasteiger charge is -2.08. The molecule has 0 radical (unpaired) electrons. The van der Waals surface area contributed by atoms with Gasteiger partial charge in [-0.05, 0) is 25.7 Å². The Kier molecular flexibility index (Phi) is 25.9. The normalized spacial score (nSPS) is 12.1. The van der Waals surface area contributed by atoms with Crippen molar-refractivity contribution in [3.05, 3.63) is 24.3 Å². The summed E-state index contributed by atoms with van der Waals surface area (Å²) in [5.74, 6) is 0. The van der Waals surface area contributed by atoms with Gasteiger partial charge in [0, 0.05) is 13.1 Å². The van der Waals surface area contributed by atoms with Crippen LogP contribution in [0.1, 0.15) is 142 Å². The molecule has 2 heteroatoms. The van der Waals surface area contributed by atoms with E-state index in [9.17, 15) is 5.21 Å². The Hall–Kier alpha value is -0.600. The SMILES string of the molecule is CCCCCCCCCCCC=CCN(O)CC=CCCCCCCCCCCC. The predicted octanol–water partition coefficient (Wildman–Crippen LogP) is 9.63. The van der Waals surface area contributed by atoms with E-state index < -0.39 is 0 Å². The van der Waals surface area contributed by atoms with E-state index in [-0.39, 0.29) is 0 Å². The average molecular weight is 422 g/mol. The molecule has 0 aromatic heterocycles. The number of nitrogens with zero attached hydrogens (tertiary/aromatic N) is 1. The van der Waals surface area contributed by atoms with Crippen molar-refractivity contribution in [1.29, 1.82) is 0 Å². The number of hydrogen-bond donors (Lipinski definition) is 1. The first-order valence-electron chi connectivity index (χ1n) is 13.5. The highest BCUT2D eigenvalue weighted by Gasteiger charge is 1.95. The van der Waals surface area contributed by atoms with Gasteiger partial charge < -0.3 is 5.21 Å². The van der Waals surface area contributed by atoms with Gasteiger partial charge in [0.2, 0.25) is 0 Å². The summed E-state index contributed by atoms with van der Waals surface area (Å²) < 4.78 is 0. The quantitative estimate of drug-likeness (QED) is 0.0952. The molecular weight excluding hydrogens is 366 g/mol. The maximum atomic E-state index is 9.90. The van der Waals surface area contributed by atoms with Gasteiger partial charge in [0.15, 0.2) is 0 Å². The van der Waals surface area contributed by atoms with Gasteiger partial charge in [0.1, 0.15) is 0 Å². The Morgan fingerprint density at radius 3 is 1.07 bits per heavy atom. The van der Waals surface area contributed by atoms with E-state index in [1.807, 2.05) is 0 Å². The van der Waals surface area contributed by atoms with Crippen molar-refractivity contribution in [2.45, 2.75) is 142 Å². The molecule has 30 heavy (non-hydrogen) atoms. The standard InChI is InChI=1S/C28H55NO/c1-3-5-7-9-11-13-15-17-19-21-23-25-27-29(30)28-26-24-22-20-18-16-14-12-10-8-6-4-2/h23-26,30H,3-22,27-28H2,1-2H3. The highest BCUT2D eigenvalue weighted by molar-refractivity contribution is 4.87. The van der Waals surface area contributed by atoms with Crippen molar-refractivity contribution in [1.82, 2.24) is 5.06 Å². The van der Waals surface area contributed by atoms with Gasteiger partial charge in [-0.3, -0.25) is 0 Å². The minimum absolute atomic E-state index is 0.639. The summed E-state index contributed by atoms with van der Waals surface area (Å²) in [5, 5.41) is 11.3. The molecule has 1 N–H and O–H groups in total. The third kappa shape index (κ3) is 25.4. The smallest absolute Gasteiger partial charge is 0.0422 e. The van der Waals surface area contributed by atoms with Crippen LogP contribution >= 0.6 is 0 Å². The summed E-state index contributed by atoms with van der Waals surface area (Å²) in [7, 11) is 0. The summed E-state index contributed by atoms with van der Waals surface area (Å²) in [6.45, 7) is 5.83. The van der Waals surface area contributed by atoms with E-state index in [1.54, 1.807) is 0 Å². The lowest BCUT2D eigenvalue weighted by molar-refractivity contribution is -0.0693. The summed E-state index contributed by atoms with van der Waals surface area (Å²) in [4.78, 5) is 0. The van der Waals surface area contributed by atoms with Crippen LogP contribution in [0, 0.1) is 0 Å². The van der Waals surface area contributed by atoms with Crippen molar-refractivity contribution in [3.63, 3.8) is 0 Å². The molecule has 0 rings (SSSR count). The van der Waals surface area contributed by atoms with Crippen molar-refractivity contribution in [2.75, 3.05) is 13.1 Å². The molecule has 0 amide bonds. The van der Waals surface area contributed by atoms with E-state index in [2.05, 4.69) is 38.2 Å². The highest BCUT2D eigenvalue weighted by Crippen LogP contribution is 2.11. The fourth-order valence-corrected chi connectivity index (χ4v) is 3.85. The molecule has 178 valence electrons. The van der Waals surface area contributed by atoms with Crippen molar-refractivity contribution in [2.24, 2.45) is 0 Å². The topological polar surface area (TPSA) is 23.5 Å². The summed E-state index contributed by atoms with van der Waals surface area (Å²) in [6.07, 6.45) is 35.9. The van der Waals surface area contributed by atoms with E-state index in [0.29, 0.717) is 13.1 Å². The molecule has 0 atom stereocenters. The number of rotatable bonds is 24. The zero-order valence-corrected chi connectivity index (χ0v) is 20.8. The van der Waals surface area contributed by atoms with Crippen LogP contribution in [0.25, 0.3) is 0 Å². The van der Waals surface area contributed by atoms with Crippen LogP contribution in [0.2, 0.25) is 0 Å². The molecule has 0 spiro atoms. The van der Waals surface area contributed by atoms with E-state index in [1.165, 1.54) is 121 Å². The Balaban J connectivity index is 3.31. The zero-order chi connectivity index (χ0) is 22.0. The number of hydrogen-bond acceptors (Lipinski definition) is 2. The minimum Gasteiger partial charge on any atom is -0.313 e. The van der Waals surface area contributed by atoms with Gasteiger partial charge in [-0.15, -0.1) is 0 Å². The van der Waals surface area contributed by atoms with Crippen molar-refractivity contribution >= 4 is 0 Å². The van der Waals surface area contributed by atoms with Crippen LogP contribution in [0.15, 0.2) is 24.3 Å². The fraction of sp³-hybridized carbons (Fsp3) is 0.857. The van der Waals surface area contributed by atoms with Gasteiger partial charge >= 0.3 is 0 Å². The van der Waals surface area contributed by atoms with Crippen LogP contribution in [-0.2, 0) is 0 Å². The van der Waals surface area contributed by atoms with E-state index >= 15 is 0 Å². The maximum absolute atomic E-state index is 9.90. The monoisotopic (exact) mass is 421 g/mol. The first-order valence-corrected chi connectivity index (χ1v) is 13.5.